The second-order valence-corrected chi connectivity index (χ2v) is 6.83. The van der Waals surface area contributed by atoms with E-state index in [1.165, 1.54) is 17.4 Å². The average molecular weight is 329 g/mol. The number of fused-ring (bicyclic) bond motifs is 1. The number of nitrogens with one attached hydrogen (secondary N) is 1. The Hall–Kier alpha value is -2.21. The van der Waals surface area contributed by atoms with Crippen LogP contribution in [-0.4, -0.2) is 35.8 Å². The SMILES string of the molecule is O=C(c1cccs1)N1CCC2(CC1)N=Cc1c(F)cccc1N2. The largest absolute Gasteiger partial charge is 0.361 e. The molecule has 2 aliphatic heterocycles. The van der Waals surface area contributed by atoms with Crippen LogP contribution in [0.15, 0.2) is 40.7 Å². The van der Waals surface area contributed by atoms with Gasteiger partial charge in [0.05, 0.1) is 10.4 Å². The lowest BCUT2D eigenvalue weighted by atomic mass is 9.94. The van der Waals surface area contributed by atoms with Gasteiger partial charge in [0.15, 0.2) is 0 Å². The first-order valence-electron chi connectivity index (χ1n) is 7.62. The Balaban J connectivity index is 1.49. The number of benzene rings is 1. The second kappa shape index (κ2) is 5.45. The van der Waals surface area contributed by atoms with Gasteiger partial charge in [-0.25, -0.2) is 4.39 Å². The summed E-state index contributed by atoms with van der Waals surface area (Å²) in [6.07, 6.45) is 3.06. The fourth-order valence-corrected chi connectivity index (χ4v) is 3.83. The number of anilines is 1. The Labute approximate surface area is 137 Å². The van der Waals surface area contributed by atoms with E-state index in [0.29, 0.717) is 18.7 Å². The van der Waals surface area contributed by atoms with Crippen molar-refractivity contribution in [1.29, 1.82) is 0 Å². The van der Waals surface area contributed by atoms with Crippen LogP contribution in [0.25, 0.3) is 0 Å². The molecule has 6 heteroatoms. The predicted molar refractivity (Wildman–Crippen MR) is 89.8 cm³/mol. The van der Waals surface area contributed by atoms with Crippen LogP contribution < -0.4 is 5.32 Å². The van der Waals surface area contributed by atoms with E-state index in [1.807, 2.05) is 28.5 Å². The molecule has 23 heavy (non-hydrogen) atoms. The number of thiophene rings is 1. The summed E-state index contributed by atoms with van der Waals surface area (Å²) in [4.78, 5) is 19.6. The Kier molecular flexibility index (Phi) is 3.41. The van der Waals surface area contributed by atoms with Crippen LogP contribution in [0.1, 0.15) is 28.1 Å². The molecule has 0 unspecified atom stereocenters. The summed E-state index contributed by atoms with van der Waals surface area (Å²) in [7, 11) is 0. The van der Waals surface area contributed by atoms with E-state index in [1.54, 1.807) is 12.3 Å². The van der Waals surface area contributed by atoms with Crippen LogP contribution in [0, 0.1) is 5.82 Å². The second-order valence-electron chi connectivity index (χ2n) is 5.89. The number of hydrogen-bond donors (Lipinski definition) is 1. The highest BCUT2D eigenvalue weighted by Gasteiger charge is 2.37. The fraction of sp³-hybridized carbons (Fsp3) is 0.294. The van der Waals surface area contributed by atoms with Gasteiger partial charge in [0.25, 0.3) is 5.91 Å². The van der Waals surface area contributed by atoms with Crippen LogP contribution in [-0.2, 0) is 0 Å². The summed E-state index contributed by atoms with van der Waals surface area (Å²) in [6.45, 7) is 1.29. The number of nitrogens with zero attached hydrogens (tertiary/aromatic N) is 2. The summed E-state index contributed by atoms with van der Waals surface area (Å²) in [6, 6.07) is 8.75. The smallest absolute Gasteiger partial charge is 0.263 e. The molecule has 0 atom stereocenters. The molecule has 1 N–H and O–H groups in total. The summed E-state index contributed by atoms with van der Waals surface area (Å²) in [5, 5.41) is 5.29. The number of carbonyl (C=O) groups is 1. The van der Waals surface area contributed by atoms with Crippen molar-refractivity contribution in [1.82, 2.24) is 4.90 Å². The van der Waals surface area contributed by atoms with E-state index < -0.39 is 5.66 Å². The van der Waals surface area contributed by atoms with E-state index in [4.69, 9.17) is 0 Å². The van der Waals surface area contributed by atoms with E-state index in [9.17, 15) is 9.18 Å². The molecule has 4 rings (SSSR count). The predicted octanol–water partition coefficient (Wildman–Crippen LogP) is 3.36. The van der Waals surface area contributed by atoms with Gasteiger partial charge in [-0.05, 0) is 23.6 Å². The lowest BCUT2D eigenvalue weighted by Crippen LogP contribution is -2.50. The van der Waals surface area contributed by atoms with Crippen molar-refractivity contribution >= 4 is 29.1 Å². The highest BCUT2D eigenvalue weighted by molar-refractivity contribution is 7.12. The molecule has 1 saturated heterocycles. The third-order valence-electron chi connectivity index (χ3n) is 4.47. The molecule has 0 bridgehead atoms. The van der Waals surface area contributed by atoms with E-state index in [2.05, 4.69) is 10.3 Å². The van der Waals surface area contributed by atoms with Gasteiger partial charge < -0.3 is 10.2 Å². The fourth-order valence-electron chi connectivity index (χ4n) is 3.14. The van der Waals surface area contributed by atoms with Crippen molar-refractivity contribution in [2.75, 3.05) is 18.4 Å². The zero-order valence-corrected chi connectivity index (χ0v) is 13.3. The number of halogens is 1. The van der Waals surface area contributed by atoms with Gasteiger partial charge in [0, 0.05) is 37.8 Å². The van der Waals surface area contributed by atoms with Crippen LogP contribution in [0.2, 0.25) is 0 Å². The van der Waals surface area contributed by atoms with Crippen molar-refractivity contribution in [3.05, 3.63) is 52.0 Å². The molecule has 118 valence electrons. The standard InChI is InChI=1S/C17H16FN3OS/c18-13-3-1-4-14-12(13)11-19-17(20-14)6-8-21(9-7-17)16(22)15-5-2-10-23-15/h1-5,10-11,20H,6-9H2. The molecule has 1 aromatic carbocycles. The topological polar surface area (TPSA) is 44.7 Å². The molecule has 0 saturated carbocycles. The number of carbonyl (C=O) groups excluding carboxylic acids is 1. The lowest BCUT2D eigenvalue weighted by Gasteiger charge is -2.42. The van der Waals surface area contributed by atoms with Crippen LogP contribution in [0.5, 0.6) is 0 Å². The number of aliphatic imine (C=N–C) groups is 1. The van der Waals surface area contributed by atoms with E-state index >= 15 is 0 Å². The molecule has 4 nitrogen and oxygen atoms in total. The molecule has 1 amide bonds. The summed E-state index contributed by atoms with van der Waals surface area (Å²) >= 11 is 1.47. The maximum atomic E-state index is 13.8. The Morgan fingerprint density at radius 3 is 2.83 bits per heavy atom. The van der Waals surface area contributed by atoms with Crippen molar-refractivity contribution in [3.63, 3.8) is 0 Å². The third kappa shape index (κ3) is 2.53. The third-order valence-corrected chi connectivity index (χ3v) is 5.33. The van der Waals surface area contributed by atoms with Gasteiger partial charge in [-0.2, -0.15) is 0 Å². The summed E-state index contributed by atoms with van der Waals surface area (Å²) < 4.78 is 13.8. The van der Waals surface area contributed by atoms with E-state index in [0.717, 1.165) is 23.4 Å². The van der Waals surface area contributed by atoms with Crippen LogP contribution in [0.4, 0.5) is 10.1 Å². The number of amides is 1. The first-order valence-corrected chi connectivity index (χ1v) is 8.50. The molecule has 1 spiro atoms. The summed E-state index contributed by atoms with van der Waals surface area (Å²) in [5.41, 5.74) is 0.862. The van der Waals surface area contributed by atoms with Crippen LogP contribution >= 0.6 is 11.3 Å². The van der Waals surface area contributed by atoms with E-state index in [-0.39, 0.29) is 11.7 Å². The molecule has 3 heterocycles. The molecule has 1 aromatic heterocycles. The van der Waals surface area contributed by atoms with Gasteiger partial charge in [-0.1, -0.05) is 12.1 Å². The zero-order valence-electron chi connectivity index (χ0n) is 12.5. The normalized spacial score (nSPS) is 18.6. The minimum atomic E-state index is -0.424. The molecule has 0 radical (unpaired) electrons. The minimum Gasteiger partial charge on any atom is -0.361 e. The molecular weight excluding hydrogens is 313 g/mol. The van der Waals surface area contributed by atoms with Crippen molar-refractivity contribution in [2.45, 2.75) is 18.5 Å². The zero-order chi connectivity index (χ0) is 15.9. The molecule has 0 aliphatic carbocycles. The molecule has 2 aliphatic rings. The number of rotatable bonds is 1. The number of likely N-dealkylation sites (tertiary alicyclic amines) is 1. The lowest BCUT2D eigenvalue weighted by molar-refractivity contribution is 0.0691. The van der Waals surface area contributed by atoms with Crippen molar-refractivity contribution in [3.8, 4) is 0 Å². The quantitative estimate of drug-likeness (QED) is 0.872. The Bertz CT molecular complexity index is 764. The average Bonchev–Trinajstić information content (AvgIpc) is 3.09. The molecule has 2 aromatic rings. The van der Waals surface area contributed by atoms with Crippen LogP contribution in [0.3, 0.4) is 0 Å². The highest BCUT2D eigenvalue weighted by Crippen LogP contribution is 2.34. The molecule has 1 fully saturated rings. The van der Waals surface area contributed by atoms with Gasteiger partial charge in [-0.15, -0.1) is 11.3 Å². The maximum absolute atomic E-state index is 13.8. The monoisotopic (exact) mass is 329 g/mol. The van der Waals surface area contributed by atoms with Gasteiger partial charge in [0.2, 0.25) is 0 Å². The number of piperidine rings is 1. The Morgan fingerprint density at radius 2 is 2.09 bits per heavy atom. The highest BCUT2D eigenvalue weighted by atomic mass is 32.1. The van der Waals surface area contributed by atoms with Gasteiger partial charge in [0.1, 0.15) is 11.5 Å². The van der Waals surface area contributed by atoms with Gasteiger partial charge >= 0.3 is 0 Å². The summed E-state index contributed by atoms with van der Waals surface area (Å²) in [5.74, 6) is -0.181. The molecular formula is C17H16FN3OS. The first-order chi connectivity index (χ1) is 11.2. The Morgan fingerprint density at radius 1 is 1.26 bits per heavy atom. The first kappa shape index (κ1) is 14.4. The van der Waals surface area contributed by atoms with Gasteiger partial charge in [-0.3, -0.25) is 9.79 Å². The number of hydrogen-bond acceptors (Lipinski definition) is 4. The van der Waals surface area contributed by atoms with Crippen molar-refractivity contribution in [2.24, 2.45) is 4.99 Å². The van der Waals surface area contributed by atoms with Crippen molar-refractivity contribution < 1.29 is 9.18 Å². The maximum Gasteiger partial charge on any atom is 0.263 e. The minimum absolute atomic E-state index is 0.0843.